The molecule has 1 aromatic carbocycles. The highest BCUT2D eigenvalue weighted by Crippen LogP contribution is 2.32. The lowest BCUT2D eigenvalue weighted by molar-refractivity contribution is 0.365. The molecular formula is C23H41NO. The Kier molecular flexibility index (Phi) is 9.38. The Morgan fingerprint density at radius 2 is 1.76 bits per heavy atom. The largest absolute Gasteiger partial charge is 0.497 e. The van der Waals surface area contributed by atoms with Crippen LogP contribution in [0.3, 0.4) is 0 Å². The van der Waals surface area contributed by atoms with Crippen LogP contribution in [0.1, 0.15) is 79.2 Å². The van der Waals surface area contributed by atoms with Crippen LogP contribution in [0.25, 0.3) is 0 Å². The maximum atomic E-state index is 5.48. The number of nitrogens with zero attached hydrogens (tertiary/aromatic N) is 1. The molecule has 0 amide bonds. The lowest BCUT2D eigenvalue weighted by Crippen LogP contribution is -2.34. The molecule has 0 spiro atoms. The lowest BCUT2D eigenvalue weighted by Gasteiger charge is -2.35. The van der Waals surface area contributed by atoms with Crippen LogP contribution < -0.4 is 9.64 Å². The molecule has 0 aliphatic carbocycles. The van der Waals surface area contributed by atoms with Gasteiger partial charge in [-0.25, -0.2) is 0 Å². The van der Waals surface area contributed by atoms with Crippen LogP contribution in [0.5, 0.6) is 5.75 Å². The quantitative estimate of drug-likeness (QED) is 0.566. The molecule has 25 heavy (non-hydrogen) atoms. The van der Waals surface area contributed by atoms with Gasteiger partial charge in [0.15, 0.2) is 0 Å². The minimum absolute atomic E-state index is 0.423. The van der Waals surface area contributed by atoms with E-state index >= 15 is 0 Å². The smallest absolute Gasteiger partial charge is 0.120 e. The maximum Gasteiger partial charge on any atom is 0.120 e. The molecule has 1 heterocycles. The molecule has 0 saturated carbocycles. The number of ether oxygens (including phenoxy) is 1. The summed E-state index contributed by atoms with van der Waals surface area (Å²) in [6.45, 7) is 15.7. The number of benzene rings is 1. The SMILES string of the molecule is CC.CCC1CCN(c2cc(OC)ccc2CCCC(C)(C)C)CC1. The number of piperidine rings is 1. The first-order valence-electron chi connectivity index (χ1n) is 10.3. The van der Waals surface area contributed by atoms with E-state index in [0.29, 0.717) is 5.41 Å². The van der Waals surface area contributed by atoms with Crippen molar-refractivity contribution in [3.63, 3.8) is 0 Å². The molecule has 2 heteroatoms. The fourth-order valence-electron chi connectivity index (χ4n) is 3.57. The molecule has 0 N–H and O–H groups in total. The van der Waals surface area contributed by atoms with Gasteiger partial charge in [0.25, 0.3) is 0 Å². The summed E-state index contributed by atoms with van der Waals surface area (Å²) >= 11 is 0. The summed E-state index contributed by atoms with van der Waals surface area (Å²) in [6, 6.07) is 6.65. The standard InChI is InChI=1S/C21H35NO.C2H6/c1-6-17-11-14-22(15-12-17)20-16-19(23-5)10-9-18(20)8-7-13-21(2,3)4;1-2/h9-10,16-17H,6-8,11-15H2,1-5H3;1-2H3. The zero-order chi connectivity index (χ0) is 18.9. The van der Waals surface area contributed by atoms with E-state index in [4.69, 9.17) is 4.74 Å². The van der Waals surface area contributed by atoms with Gasteiger partial charge in [-0.1, -0.05) is 54.0 Å². The van der Waals surface area contributed by atoms with Gasteiger partial charge in [0.05, 0.1) is 7.11 Å². The highest BCUT2D eigenvalue weighted by Gasteiger charge is 2.20. The van der Waals surface area contributed by atoms with Crippen molar-refractivity contribution in [3.8, 4) is 5.75 Å². The first kappa shape index (κ1) is 21.9. The Morgan fingerprint density at radius 1 is 1.12 bits per heavy atom. The average molecular weight is 348 g/mol. The van der Waals surface area contributed by atoms with Gasteiger partial charge in [-0.15, -0.1) is 0 Å². The van der Waals surface area contributed by atoms with E-state index in [0.717, 1.165) is 11.7 Å². The second kappa shape index (κ2) is 10.7. The van der Waals surface area contributed by atoms with E-state index in [9.17, 15) is 0 Å². The third kappa shape index (κ3) is 7.30. The minimum atomic E-state index is 0.423. The Balaban J connectivity index is 0.00000151. The molecule has 0 unspecified atom stereocenters. The van der Waals surface area contributed by atoms with Crippen molar-refractivity contribution in [1.82, 2.24) is 0 Å². The molecule has 0 atom stereocenters. The second-order valence-electron chi connectivity index (χ2n) is 8.25. The molecule has 2 rings (SSSR count). The molecule has 1 fully saturated rings. The lowest BCUT2D eigenvalue weighted by atomic mass is 9.88. The third-order valence-electron chi connectivity index (χ3n) is 5.20. The van der Waals surface area contributed by atoms with Gasteiger partial charge in [0.2, 0.25) is 0 Å². The Hall–Kier alpha value is -1.18. The molecule has 1 saturated heterocycles. The van der Waals surface area contributed by atoms with Gasteiger partial charge in [0, 0.05) is 24.8 Å². The Labute approximate surface area is 157 Å². The number of hydrogen-bond donors (Lipinski definition) is 0. The average Bonchev–Trinajstić information content (AvgIpc) is 2.62. The first-order chi connectivity index (χ1) is 11.9. The highest BCUT2D eigenvalue weighted by molar-refractivity contribution is 5.57. The van der Waals surface area contributed by atoms with E-state index in [-0.39, 0.29) is 0 Å². The first-order valence-corrected chi connectivity index (χ1v) is 10.3. The number of aryl methyl sites for hydroxylation is 1. The van der Waals surface area contributed by atoms with Crippen molar-refractivity contribution in [3.05, 3.63) is 23.8 Å². The zero-order valence-corrected chi connectivity index (χ0v) is 17.8. The van der Waals surface area contributed by atoms with Crippen LogP contribution in [0.15, 0.2) is 18.2 Å². The minimum Gasteiger partial charge on any atom is -0.497 e. The number of rotatable bonds is 6. The molecule has 1 aromatic rings. The van der Waals surface area contributed by atoms with E-state index in [2.05, 4.69) is 50.8 Å². The molecule has 144 valence electrons. The van der Waals surface area contributed by atoms with Crippen molar-refractivity contribution in [1.29, 1.82) is 0 Å². The van der Waals surface area contributed by atoms with Gasteiger partial charge < -0.3 is 9.64 Å². The Morgan fingerprint density at radius 3 is 2.28 bits per heavy atom. The summed E-state index contributed by atoms with van der Waals surface area (Å²) in [5, 5.41) is 0. The second-order valence-corrected chi connectivity index (χ2v) is 8.25. The predicted molar refractivity (Wildman–Crippen MR) is 112 cm³/mol. The normalized spacial score (nSPS) is 15.6. The summed E-state index contributed by atoms with van der Waals surface area (Å²) in [4.78, 5) is 2.58. The van der Waals surface area contributed by atoms with Crippen LogP contribution in [-0.2, 0) is 6.42 Å². The fourth-order valence-corrected chi connectivity index (χ4v) is 3.57. The van der Waals surface area contributed by atoms with E-state index in [1.54, 1.807) is 7.11 Å². The van der Waals surface area contributed by atoms with E-state index < -0.39 is 0 Å². The molecular weight excluding hydrogens is 306 g/mol. The van der Waals surface area contributed by atoms with E-state index in [1.165, 1.54) is 62.9 Å². The number of hydrogen-bond acceptors (Lipinski definition) is 2. The molecule has 2 nitrogen and oxygen atoms in total. The monoisotopic (exact) mass is 347 g/mol. The number of methoxy groups -OCH3 is 1. The zero-order valence-electron chi connectivity index (χ0n) is 17.8. The maximum absolute atomic E-state index is 5.48. The van der Waals surface area contributed by atoms with Crippen LogP contribution in [0.4, 0.5) is 5.69 Å². The molecule has 1 aliphatic rings. The van der Waals surface area contributed by atoms with Crippen molar-refractivity contribution in [2.45, 2.75) is 80.1 Å². The molecule has 0 aromatic heterocycles. The van der Waals surface area contributed by atoms with Crippen LogP contribution in [0, 0.1) is 11.3 Å². The summed E-state index contributed by atoms with van der Waals surface area (Å²) in [5.74, 6) is 1.90. The summed E-state index contributed by atoms with van der Waals surface area (Å²) in [5.41, 5.74) is 3.32. The van der Waals surface area contributed by atoms with Crippen LogP contribution in [-0.4, -0.2) is 20.2 Å². The number of anilines is 1. The summed E-state index contributed by atoms with van der Waals surface area (Å²) < 4.78 is 5.48. The molecule has 0 bridgehead atoms. The van der Waals surface area contributed by atoms with Gasteiger partial charge in [-0.2, -0.15) is 0 Å². The summed E-state index contributed by atoms with van der Waals surface area (Å²) in [6.07, 6.45) is 7.68. The fraction of sp³-hybridized carbons (Fsp3) is 0.739. The van der Waals surface area contributed by atoms with E-state index in [1.807, 2.05) is 13.8 Å². The molecule has 1 aliphatic heterocycles. The Bertz CT molecular complexity index is 481. The van der Waals surface area contributed by atoms with Gasteiger partial charge in [0.1, 0.15) is 5.75 Å². The summed E-state index contributed by atoms with van der Waals surface area (Å²) in [7, 11) is 1.77. The topological polar surface area (TPSA) is 12.5 Å². The molecule has 0 radical (unpaired) electrons. The van der Waals surface area contributed by atoms with Crippen molar-refractivity contribution in [2.75, 3.05) is 25.1 Å². The van der Waals surface area contributed by atoms with Crippen LogP contribution >= 0.6 is 0 Å². The van der Waals surface area contributed by atoms with Crippen molar-refractivity contribution < 1.29 is 4.74 Å². The van der Waals surface area contributed by atoms with Gasteiger partial charge in [-0.05, 0) is 55.1 Å². The van der Waals surface area contributed by atoms with Crippen molar-refractivity contribution in [2.24, 2.45) is 11.3 Å². The van der Waals surface area contributed by atoms with Gasteiger partial charge >= 0.3 is 0 Å². The highest BCUT2D eigenvalue weighted by atomic mass is 16.5. The third-order valence-corrected chi connectivity index (χ3v) is 5.20. The predicted octanol–water partition coefficient (Wildman–Crippen LogP) is 6.72. The van der Waals surface area contributed by atoms with Crippen molar-refractivity contribution >= 4 is 5.69 Å². The van der Waals surface area contributed by atoms with Gasteiger partial charge in [-0.3, -0.25) is 0 Å². The van der Waals surface area contributed by atoms with Crippen LogP contribution in [0.2, 0.25) is 0 Å².